The summed E-state index contributed by atoms with van der Waals surface area (Å²) in [5, 5.41) is 0. The second-order valence-electron chi connectivity index (χ2n) is 5.29. The Morgan fingerprint density at radius 3 is 2.63 bits per heavy atom. The van der Waals surface area contributed by atoms with E-state index in [4.69, 9.17) is 0 Å². The molecule has 1 heterocycles. The molecule has 1 aromatic carbocycles. The molecular weight excluding hydrogens is 309 g/mol. The zero-order valence-electron chi connectivity index (χ0n) is 11.3. The third-order valence-corrected chi connectivity index (χ3v) is 4.58. The molecule has 0 radical (unpaired) electrons. The van der Waals surface area contributed by atoms with Gasteiger partial charge in [-0.2, -0.15) is 0 Å². The Balaban J connectivity index is 2.07. The van der Waals surface area contributed by atoms with Gasteiger partial charge in [0.2, 0.25) is 0 Å². The van der Waals surface area contributed by atoms with Crippen LogP contribution in [0.15, 0.2) is 18.2 Å². The molecule has 0 spiro atoms. The van der Waals surface area contributed by atoms with Crippen molar-refractivity contribution in [3.05, 3.63) is 35.1 Å². The van der Waals surface area contributed by atoms with Crippen molar-refractivity contribution in [3.8, 4) is 0 Å². The van der Waals surface area contributed by atoms with Crippen molar-refractivity contribution in [3.63, 3.8) is 0 Å². The summed E-state index contributed by atoms with van der Waals surface area (Å²) in [6.45, 7) is 5.44. The fourth-order valence-electron chi connectivity index (χ4n) is 2.54. The molecule has 1 aromatic rings. The van der Waals surface area contributed by atoms with Crippen LogP contribution in [0.3, 0.4) is 0 Å². The van der Waals surface area contributed by atoms with Crippen LogP contribution < -0.4 is 0 Å². The first-order chi connectivity index (χ1) is 8.99. The second-order valence-corrected chi connectivity index (χ2v) is 6.73. The maximum absolute atomic E-state index is 13.7. The van der Waals surface area contributed by atoms with Crippen LogP contribution >= 0.6 is 15.9 Å². The smallest absolute Gasteiger partial charge is 0.256 e. The van der Waals surface area contributed by atoms with Crippen LogP contribution in [0.4, 0.5) is 4.39 Å². The number of nitrogens with zero attached hydrogens (tertiary/aromatic N) is 1. The molecule has 4 heteroatoms. The lowest BCUT2D eigenvalue weighted by atomic mass is 9.94. The molecule has 1 aliphatic heterocycles. The fraction of sp³-hybridized carbons (Fsp3) is 0.533. The van der Waals surface area contributed by atoms with E-state index in [0.29, 0.717) is 23.8 Å². The van der Waals surface area contributed by atoms with Gasteiger partial charge in [0.25, 0.3) is 5.91 Å². The summed E-state index contributed by atoms with van der Waals surface area (Å²) >= 11 is 3.60. The van der Waals surface area contributed by atoms with E-state index in [1.807, 2.05) is 6.92 Å². The topological polar surface area (TPSA) is 20.3 Å². The SMILES string of the molecule is Cc1ccc(F)c(C(=O)N2CCC(C(C)Br)CC2)c1. The Morgan fingerprint density at radius 2 is 2.05 bits per heavy atom. The number of piperidine rings is 1. The molecule has 1 fully saturated rings. The Hall–Kier alpha value is -0.900. The van der Waals surface area contributed by atoms with Gasteiger partial charge in [-0.25, -0.2) is 4.39 Å². The van der Waals surface area contributed by atoms with E-state index in [9.17, 15) is 9.18 Å². The Kier molecular flexibility index (Phi) is 4.61. The van der Waals surface area contributed by atoms with Crippen molar-refractivity contribution in [2.75, 3.05) is 13.1 Å². The number of hydrogen-bond acceptors (Lipinski definition) is 1. The van der Waals surface area contributed by atoms with Crippen LogP contribution in [0.25, 0.3) is 0 Å². The van der Waals surface area contributed by atoms with Crippen LogP contribution in [0, 0.1) is 18.7 Å². The highest BCUT2D eigenvalue weighted by atomic mass is 79.9. The van der Waals surface area contributed by atoms with Gasteiger partial charge in [-0.15, -0.1) is 0 Å². The lowest BCUT2D eigenvalue weighted by Crippen LogP contribution is -2.40. The minimum absolute atomic E-state index is 0.179. The molecule has 0 saturated carbocycles. The van der Waals surface area contributed by atoms with Crippen LogP contribution in [-0.2, 0) is 0 Å². The Labute approximate surface area is 122 Å². The quantitative estimate of drug-likeness (QED) is 0.757. The predicted molar refractivity (Wildman–Crippen MR) is 78.2 cm³/mol. The molecule has 0 N–H and O–H groups in total. The molecule has 0 aliphatic carbocycles. The summed E-state index contributed by atoms with van der Waals surface area (Å²) in [6, 6.07) is 4.69. The van der Waals surface area contributed by atoms with E-state index in [1.165, 1.54) is 6.07 Å². The highest BCUT2D eigenvalue weighted by Crippen LogP contribution is 2.26. The Bertz CT molecular complexity index is 467. The van der Waals surface area contributed by atoms with Crippen molar-refractivity contribution >= 4 is 21.8 Å². The third kappa shape index (κ3) is 3.35. The van der Waals surface area contributed by atoms with Crippen molar-refractivity contribution in [2.24, 2.45) is 5.92 Å². The average molecular weight is 328 g/mol. The average Bonchev–Trinajstić information content (AvgIpc) is 2.41. The van der Waals surface area contributed by atoms with E-state index < -0.39 is 5.82 Å². The number of carbonyl (C=O) groups excluding carboxylic acids is 1. The number of carbonyl (C=O) groups is 1. The number of likely N-dealkylation sites (tertiary alicyclic amines) is 1. The minimum Gasteiger partial charge on any atom is -0.339 e. The molecule has 1 amide bonds. The van der Waals surface area contributed by atoms with Crippen LogP contribution in [0.1, 0.15) is 35.7 Å². The van der Waals surface area contributed by atoms with Crippen LogP contribution in [-0.4, -0.2) is 28.7 Å². The van der Waals surface area contributed by atoms with E-state index >= 15 is 0 Å². The highest BCUT2D eigenvalue weighted by Gasteiger charge is 2.27. The lowest BCUT2D eigenvalue weighted by Gasteiger charge is -2.33. The largest absolute Gasteiger partial charge is 0.339 e. The minimum atomic E-state index is -0.424. The van der Waals surface area contributed by atoms with E-state index in [2.05, 4.69) is 22.9 Å². The molecule has 0 aromatic heterocycles. The van der Waals surface area contributed by atoms with E-state index in [1.54, 1.807) is 17.0 Å². The van der Waals surface area contributed by atoms with E-state index in [-0.39, 0.29) is 11.5 Å². The number of amides is 1. The zero-order chi connectivity index (χ0) is 14.0. The molecule has 2 nitrogen and oxygen atoms in total. The Morgan fingerprint density at radius 1 is 1.42 bits per heavy atom. The van der Waals surface area contributed by atoms with Crippen molar-refractivity contribution in [1.29, 1.82) is 0 Å². The number of aryl methyl sites for hydroxylation is 1. The standard InChI is InChI=1S/C15H19BrFNO/c1-10-3-4-14(17)13(9-10)15(19)18-7-5-12(6-8-18)11(2)16/h3-4,9,11-12H,5-8H2,1-2H3. The molecule has 19 heavy (non-hydrogen) atoms. The summed E-state index contributed by atoms with van der Waals surface area (Å²) in [5.74, 6) is -0.000125. The lowest BCUT2D eigenvalue weighted by molar-refractivity contribution is 0.0686. The number of rotatable bonds is 2. The van der Waals surface area contributed by atoms with Gasteiger partial charge in [-0.3, -0.25) is 4.79 Å². The van der Waals surface area contributed by atoms with Crippen molar-refractivity contribution < 1.29 is 9.18 Å². The van der Waals surface area contributed by atoms with Gasteiger partial charge >= 0.3 is 0 Å². The van der Waals surface area contributed by atoms with Gasteiger partial charge in [-0.1, -0.05) is 34.5 Å². The summed E-state index contributed by atoms with van der Waals surface area (Å²) in [5.41, 5.74) is 1.11. The molecule has 2 rings (SSSR count). The van der Waals surface area contributed by atoms with Gasteiger partial charge in [-0.05, 0) is 37.8 Å². The van der Waals surface area contributed by atoms with Gasteiger partial charge in [0.1, 0.15) is 5.82 Å². The summed E-state index contributed by atoms with van der Waals surface area (Å²) < 4.78 is 13.7. The molecule has 0 bridgehead atoms. The van der Waals surface area contributed by atoms with Crippen molar-refractivity contribution in [1.82, 2.24) is 4.90 Å². The van der Waals surface area contributed by atoms with E-state index in [0.717, 1.165) is 18.4 Å². The molecule has 1 unspecified atom stereocenters. The maximum atomic E-state index is 13.7. The number of alkyl halides is 1. The van der Waals surface area contributed by atoms with Gasteiger partial charge in [0.05, 0.1) is 5.56 Å². The number of benzene rings is 1. The third-order valence-electron chi connectivity index (χ3n) is 3.83. The van der Waals surface area contributed by atoms with Crippen LogP contribution in [0.2, 0.25) is 0 Å². The number of halogens is 2. The monoisotopic (exact) mass is 327 g/mol. The molecule has 1 saturated heterocycles. The molecule has 1 atom stereocenters. The first kappa shape index (κ1) is 14.5. The van der Waals surface area contributed by atoms with Gasteiger partial charge in [0.15, 0.2) is 0 Å². The summed E-state index contributed by atoms with van der Waals surface area (Å²) in [4.78, 5) is 14.6. The highest BCUT2D eigenvalue weighted by molar-refractivity contribution is 9.09. The summed E-state index contributed by atoms with van der Waals surface area (Å²) in [7, 11) is 0. The number of hydrogen-bond donors (Lipinski definition) is 0. The summed E-state index contributed by atoms with van der Waals surface area (Å²) in [6.07, 6.45) is 1.96. The van der Waals surface area contributed by atoms with Gasteiger partial charge < -0.3 is 4.90 Å². The maximum Gasteiger partial charge on any atom is 0.256 e. The first-order valence-corrected chi connectivity index (χ1v) is 7.60. The molecule has 104 valence electrons. The predicted octanol–water partition coefficient (Wildman–Crippen LogP) is 3.77. The van der Waals surface area contributed by atoms with Crippen molar-refractivity contribution in [2.45, 2.75) is 31.5 Å². The fourth-order valence-corrected chi connectivity index (χ4v) is 3.06. The van der Waals surface area contributed by atoms with Crippen LogP contribution in [0.5, 0.6) is 0 Å². The molecule has 1 aliphatic rings. The first-order valence-electron chi connectivity index (χ1n) is 6.68. The molecular formula is C15H19BrFNO. The van der Waals surface area contributed by atoms with Gasteiger partial charge in [0, 0.05) is 17.9 Å². The zero-order valence-corrected chi connectivity index (χ0v) is 12.9. The second kappa shape index (κ2) is 6.04. The normalized spacial score (nSPS) is 18.4.